The maximum atomic E-state index is 4.27. The molecule has 1 fully saturated rings. The van der Waals surface area contributed by atoms with Crippen molar-refractivity contribution in [2.24, 2.45) is 23.7 Å². The van der Waals surface area contributed by atoms with Crippen LogP contribution >= 0.6 is 0 Å². The number of aromatic amines is 1. The molecular weight excluding hydrogens is 268 g/mol. The van der Waals surface area contributed by atoms with E-state index in [1.807, 2.05) is 0 Å². The molecule has 2 aliphatic carbocycles. The van der Waals surface area contributed by atoms with E-state index in [-0.39, 0.29) is 0 Å². The molecule has 0 radical (unpaired) electrons. The Kier molecular flexibility index (Phi) is 5.60. The Hall–Kier alpha value is -0.790. The van der Waals surface area contributed by atoms with Gasteiger partial charge >= 0.3 is 0 Å². The fourth-order valence-electron chi connectivity index (χ4n) is 4.92. The summed E-state index contributed by atoms with van der Waals surface area (Å²) in [5.41, 5.74) is 2.96. The molecule has 0 spiro atoms. The number of rotatable bonds is 7. The zero-order valence-electron chi connectivity index (χ0n) is 14.6. The molecule has 3 unspecified atom stereocenters. The SMILES string of the molecule is CC(C)CCCCCCC1CCCC2Cc3[nH]ncc3CC12. The first-order valence-electron chi connectivity index (χ1n) is 9.75. The maximum Gasteiger partial charge on any atom is 0.0522 e. The molecule has 0 aliphatic heterocycles. The van der Waals surface area contributed by atoms with Crippen molar-refractivity contribution in [1.29, 1.82) is 0 Å². The van der Waals surface area contributed by atoms with Gasteiger partial charge in [0.25, 0.3) is 0 Å². The quantitative estimate of drug-likeness (QED) is 0.658. The van der Waals surface area contributed by atoms with Gasteiger partial charge in [-0.05, 0) is 48.5 Å². The molecule has 22 heavy (non-hydrogen) atoms. The Morgan fingerprint density at radius 3 is 2.86 bits per heavy atom. The Balaban J connectivity index is 1.44. The van der Waals surface area contributed by atoms with E-state index in [1.54, 1.807) is 0 Å². The van der Waals surface area contributed by atoms with Crippen molar-refractivity contribution in [2.75, 3.05) is 0 Å². The largest absolute Gasteiger partial charge is 0.282 e. The molecule has 1 N–H and O–H groups in total. The van der Waals surface area contributed by atoms with Gasteiger partial charge in [-0.15, -0.1) is 0 Å². The molecule has 1 aromatic heterocycles. The van der Waals surface area contributed by atoms with Crippen molar-refractivity contribution in [1.82, 2.24) is 10.2 Å². The van der Waals surface area contributed by atoms with Crippen LogP contribution in [0.3, 0.4) is 0 Å². The molecule has 0 amide bonds. The van der Waals surface area contributed by atoms with Gasteiger partial charge < -0.3 is 0 Å². The molecule has 2 aliphatic rings. The van der Waals surface area contributed by atoms with Gasteiger partial charge in [0.05, 0.1) is 6.20 Å². The van der Waals surface area contributed by atoms with Crippen LogP contribution in [0.2, 0.25) is 0 Å². The number of hydrogen-bond acceptors (Lipinski definition) is 1. The molecule has 1 saturated carbocycles. The Bertz CT molecular complexity index is 448. The van der Waals surface area contributed by atoms with Gasteiger partial charge in [-0.25, -0.2) is 0 Å². The number of nitrogens with one attached hydrogen (secondary N) is 1. The van der Waals surface area contributed by atoms with Crippen LogP contribution < -0.4 is 0 Å². The summed E-state index contributed by atoms with van der Waals surface area (Å²) in [6.07, 6.45) is 17.8. The van der Waals surface area contributed by atoms with Crippen LogP contribution in [-0.4, -0.2) is 10.2 Å². The number of unbranched alkanes of at least 4 members (excludes halogenated alkanes) is 3. The molecule has 0 saturated heterocycles. The van der Waals surface area contributed by atoms with Crippen LogP contribution in [0.15, 0.2) is 6.20 Å². The second-order valence-corrected chi connectivity index (χ2v) is 8.28. The summed E-state index contributed by atoms with van der Waals surface area (Å²) in [5, 5.41) is 7.50. The number of hydrogen-bond donors (Lipinski definition) is 1. The fourth-order valence-corrected chi connectivity index (χ4v) is 4.92. The molecule has 3 rings (SSSR count). The first-order valence-corrected chi connectivity index (χ1v) is 9.75. The number of nitrogens with zero attached hydrogens (tertiary/aromatic N) is 1. The molecule has 1 heterocycles. The predicted molar refractivity (Wildman–Crippen MR) is 92.9 cm³/mol. The Morgan fingerprint density at radius 1 is 1.14 bits per heavy atom. The number of aromatic nitrogens is 2. The van der Waals surface area contributed by atoms with Crippen molar-refractivity contribution >= 4 is 0 Å². The minimum absolute atomic E-state index is 0.880. The van der Waals surface area contributed by atoms with Crippen LogP contribution in [0.25, 0.3) is 0 Å². The highest BCUT2D eigenvalue weighted by atomic mass is 15.1. The zero-order valence-corrected chi connectivity index (χ0v) is 14.6. The molecule has 3 atom stereocenters. The maximum absolute atomic E-state index is 4.27. The Labute approximate surface area is 136 Å². The van der Waals surface area contributed by atoms with E-state index >= 15 is 0 Å². The van der Waals surface area contributed by atoms with E-state index in [9.17, 15) is 0 Å². The van der Waals surface area contributed by atoms with Gasteiger partial charge in [-0.3, -0.25) is 5.10 Å². The standard InChI is InChI=1S/C20H34N2/c1-15(2)8-5-3-4-6-9-16-10-7-11-17-13-20-18(12-19(16)17)14-21-22-20/h14-17,19H,3-13H2,1-2H3,(H,21,22). The highest BCUT2D eigenvalue weighted by molar-refractivity contribution is 5.22. The van der Waals surface area contributed by atoms with E-state index in [1.165, 1.54) is 81.9 Å². The highest BCUT2D eigenvalue weighted by Gasteiger charge is 2.37. The third-order valence-electron chi connectivity index (χ3n) is 6.20. The zero-order chi connectivity index (χ0) is 15.4. The van der Waals surface area contributed by atoms with E-state index in [0.29, 0.717) is 0 Å². The average molecular weight is 303 g/mol. The average Bonchev–Trinajstić information content (AvgIpc) is 2.95. The lowest BCUT2D eigenvalue weighted by Gasteiger charge is -2.41. The molecule has 0 aromatic carbocycles. The monoisotopic (exact) mass is 302 g/mol. The molecule has 1 aromatic rings. The summed E-state index contributed by atoms with van der Waals surface area (Å²) in [7, 11) is 0. The van der Waals surface area contributed by atoms with E-state index in [0.717, 1.165) is 23.7 Å². The minimum Gasteiger partial charge on any atom is -0.282 e. The van der Waals surface area contributed by atoms with Gasteiger partial charge in [-0.1, -0.05) is 65.2 Å². The van der Waals surface area contributed by atoms with Crippen LogP contribution in [0.1, 0.15) is 82.9 Å². The molecular formula is C20H34N2. The molecule has 0 bridgehead atoms. The van der Waals surface area contributed by atoms with Gasteiger partial charge in [0.15, 0.2) is 0 Å². The van der Waals surface area contributed by atoms with E-state index in [4.69, 9.17) is 0 Å². The number of H-pyrrole nitrogens is 1. The second kappa shape index (κ2) is 7.66. The van der Waals surface area contributed by atoms with Crippen molar-refractivity contribution in [2.45, 2.75) is 84.5 Å². The predicted octanol–water partition coefficient (Wildman–Crippen LogP) is 5.54. The van der Waals surface area contributed by atoms with Crippen molar-refractivity contribution < 1.29 is 0 Å². The van der Waals surface area contributed by atoms with E-state index < -0.39 is 0 Å². The first-order chi connectivity index (χ1) is 10.7. The van der Waals surface area contributed by atoms with Gasteiger partial charge in [0.2, 0.25) is 0 Å². The molecule has 2 heteroatoms. The van der Waals surface area contributed by atoms with Crippen LogP contribution in [0.5, 0.6) is 0 Å². The van der Waals surface area contributed by atoms with Crippen molar-refractivity contribution in [3.63, 3.8) is 0 Å². The normalized spacial score (nSPS) is 27.7. The van der Waals surface area contributed by atoms with Crippen LogP contribution in [0, 0.1) is 23.7 Å². The molecule has 2 nitrogen and oxygen atoms in total. The van der Waals surface area contributed by atoms with Gasteiger partial charge in [0.1, 0.15) is 0 Å². The lowest BCUT2D eigenvalue weighted by atomic mass is 9.64. The van der Waals surface area contributed by atoms with Crippen molar-refractivity contribution in [3.05, 3.63) is 17.5 Å². The lowest BCUT2D eigenvalue weighted by molar-refractivity contribution is 0.129. The van der Waals surface area contributed by atoms with Crippen molar-refractivity contribution in [3.8, 4) is 0 Å². The fraction of sp³-hybridized carbons (Fsp3) is 0.850. The topological polar surface area (TPSA) is 28.7 Å². The van der Waals surface area contributed by atoms with Gasteiger partial charge in [-0.2, -0.15) is 5.10 Å². The lowest BCUT2D eigenvalue weighted by Crippen LogP contribution is -2.34. The van der Waals surface area contributed by atoms with Gasteiger partial charge in [0, 0.05) is 5.69 Å². The summed E-state index contributed by atoms with van der Waals surface area (Å²) < 4.78 is 0. The second-order valence-electron chi connectivity index (χ2n) is 8.28. The summed E-state index contributed by atoms with van der Waals surface area (Å²) >= 11 is 0. The smallest absolute Gasteiger partial charge is 0.0522 e. The third kappa shape index (κ3) is 3.94. The first kappa shape index (κ1) is 16.1. The number of fused-ring (bicyclic) bond motifs is 2. The summed E-state index contributed by atoms with van der Waals surface area (Å²) in [6.45, 7) is 4.69. The van der Waals surface area contributed by atoms with Crippen LogP contribution in [0.4, 0.5) is 0 Å². The van der Waals surface area contributed by atoms with E-state index in [2.05, 4.69) is 30.2 Å². The summed E-state index contributed by atoms with van der Waals surface area (Å²) in [6, 6.07) is 0. The Morgan fingerprint density at radius 2 is 2.00 bits per heavy atom. The third-order valence-corrected chi connectivity index (χ3v) is 6.20. The van der Waals surface area contributed by atoms with Crippen LogP contribution in [-0.2, 0) is 12.8 Å². The summed E-state index contributed by atoms with van der Waals surface area (Å²) in [4.78, 5) is 0. The molecule has 124 valence electrons. The highest BCUT2D eigenvalue weighted by Crippen LogP contribution is 2.44. The summed E-state index contributed by atoms with van der Waals surface area (Å²) in [5.74, 6) is 3.76. The minimum atomic E-state index is 0.880.